The first kappa shape index (κ1) is 15.6. The molecule has 2 N–H and O–H groups in total. The van der Waals surface area contributed by atoms with E-state index >= 15 is 0 Å². The first-order chi connectivity index (χ1) is 11.1. The Labute approximate surface area is 142 Å². The number of benzene rings is 2. The number of ether oxygens (including phenoxy) is 1. The molecule has 0 saturated carbocycles. The molecule has 3 rings (SSSR count). The van der Waals surface area contributed by atoms with E-state index in [0.717, 1.165) is 10.0 Å². The first-order valence-electron chi connectivity index (χ1n) is 7.22. The van der Waals surface area contributed by atoms with Gasteiger partial charge in [0.2, 0.25) is 0 Å². The van der Waals surface area contributed by atoms with Gasteiger partial charge in [0.05, 0.1) is 0 Å². The van der Waals surface area contributed by atoms with E-state index in [4.69, 9.17) is 4.74 Å². The SMILES string of the molecule is O=C(COc1cccc2c1CCNC2=O)Nc1ccc(Br)cc1. The Morgan fingerprint density at radius 1 is 1.22 bits per heavy atom. The number of carbonyl (C=O) groups is 2. The van der Waals surface area contributed by atoms with Crippen molar-refractivity contribution >= 4 is 33.4 Å². The highest BCUT2D eigenvalue weighted by Crippen LogP contribution is 2.25. The molecular formula is C17H15BrN2O3. The van der Waals surface area contributed by atoms with Crippen LogP contribution < -0.4 is 15.4 Å². The van der Waals surface area contributed by atoms with Gasteiger partial charge in [-0.25, -0.2) is 0 Å². The summed E-state index contributed by atoms with van der Waals surface area (Å²) in [6.07, 6.45) is 0.700. The summed E-state index contributed by atoms with van der Waals surface area (Å²) in [5.41, 5.74) is 2.17. The summed E-state index contributed by atoms with van der Waals surface area (Å²) in [6, 6.07) is 12.6. The maximum absolute atomic E-state index is 12.0. The third kappa shape index (κ3) is 3.71. The Kier molecular flexibility index (Phi) is 4.62. The minimum Gasteiger partial charge on any atom is -0.483 e. The van der Waals surface area contributed by atoms with Crippen LogP contribution in [0.4, 0.5) is 5.69 Å². The van der Waals surface area contributed by atoms with Crippen LogP contribution in [0.2, 0.25) is 0 Å². The van der Waals surface area contributed by atoms with E-state index in [9.17, 15) is 9.59 Å². The normalized spacial score (nSPS) is 13.0. The van der Waals surface area contributed by atoms with Gasteiger partial charge in [0.1, 0.15) is 5.75 Å². The smallest absolute Gasteiger partial charge is 0.262 e. The van der Waals surface area contributed by atoms with Gasteiger partial charge < -0.3 is 15.4 Å². The van der Waals surface area contributed by atoms with Crippen molar-refractivity contribution in [2.75, 3.05) is 18.5 Å². The quantitative estimate of drug-likeness (QED) is 0.864. The molecule has 0 fully saturated rings. The summed E-state index contributed by atoms with van der Waals surface area (Å²) in [5, 5.41) is 5.55. The molecule has 1 aliphatic rings. The van der Waals surface area contributed by atoms with Gasteiger partial charge >= 0.3 is 0 Å². The Morgan fingerprint density at radius 3 is 2.78 bits per heavy atom. The molecule has 1 heterocycles. The second-order valence-electron chi connectivity index (χ2n) is 5.13. The van der Waals surface area contributed by atoms with Gasteiger partial charge in [-0.3, -0.25) is 9.59 Å². The lowest BCUT2D eigenvalue weighted by atomic mass is 9.99. The molecule has 2 aromatic carbocycles. The summed E-state index contributed by atoms with van der Waals surface area (Å²) in [5.74, 6) is 0.240. The predicted octanol–water partition coefficient (Wildman–Crippen LogP) is 2.75. The van der Waals surface area contributed by atoms with Crippen molar-refractivity contribution in [3.8, 4) is 5.75 Å². The van der Waals surface area contributed by atoms with Gasteiger partial charge in [-0.1, -0.05) is 22.0 Å². The molecule has 2 amide bonds. The maximum Gasteiger partial charge on any atom is 0.262 e. The molecule has 5 nitrogen and oxygen atoms in total. The summed E-state index contributed by atoms with van der Waals surface area (Å²) < 4.78 is 6.55. The number of carbonyl (C=O) groups excluding carboxylic acids is 2. The largest absolute Gasteiger partial charge is 0.483 e. The topological polar surface area (TPSA) is 67.4 Å². The molecule has 0 bridgehead atoms. The molecule has 23 heavy (non-hydrogen) atoms. The van der Waals surface area contributed by atoms with Crippen molar-refractivity contribution in [1.82, 2.24) is 5.32 Å². The fourth-order valence-corrected chi connectivity index (χ4v) is 2.71. The monoisotopic (exact) mass is 374 g/mol. The summed E-state index contributed by atoms with van der Waals surface area (Å²) in [7, 11) is 0. The zero-order chi connectivity index (χ0) is 16.2. The van der Waals surface area contributed by atoms with E-state index in [0.29, 0.717) is 30.0 Å². The number of halogens is 1. The van der Waals surface area contributed by atoms with Gasteiger partial charge in [-0.15, -0.1) is 0 Å². The number of amides is 2. The standard InChI is InChI=1S/C17H15BrN2O3/c18-11-4-6-12(7-5-11)20-16(21)10-23-15-3-1-2-14-13(15)8-9-19-17(14)22/h1-7H,8-10H2,(H,19,22)(H,20,21). The number of anilines is 1. The molecule has 118 valence electrons. The fourth-order valence-electron chi connectivity index (χ4n) is 2.44. The lowest BCUT2D eigenvalue weighted by Gasteiger charge is -2.19. The van der Waals surface area contributed by atoms with Crippen LogP contribution in [0.25, 0.3) is 0 Å². The predicted molar refractivity (Wildman–Crippen MR) is 90.7 cm³/mol. The average Bonchev–Trinajstić information content (AvgIpc) is 2.55. The molecule has 2 aromatic rings. The average molecular weight is 375 g/mol. The van der Waals surface area contributed by atoms with Gasteiger partial charge in [0.15, 0.2) is 6.61 Å². The molecule has 0 spiro atoms. The number of hydrogen-bond donors (Lipinski definition) is 2. The van der Waals surface area contributed by atoms with Gasteiger partial charge in [-0.2, -0.15) is 0 Å². The molecule has 0 aliphatic carbocycles. The van der Waals surface area contributed by atoms with E-state index in [1.54, 1.807) is 30.3 Å². The lowest BCUT2D eigenvalue weighted by Crippen LogP contribution is -2.32. The third-order valence-electron chi connectivity index (χ3n) is 3.52. The second kappa shape index (κ2) is 6.83. The van der Waals surface area contributed by atoms with Crippen molar-refractivity contribution in [3.05, 3.63) is 58.1 Å². The van der Waals surface area contributed by atoms with Gasteiger partial charge in [0, 0.05) is 27.8 Å². The Balaban J connectivity index is 1.64. The van der Waals surface area contributed by atoms with Crippen molar-refractivity contribution in [2.24, 2.45) is 0 Å². The van der Waals surface area contributed by atoms with Gasteiger partial charge in [-0.05, 0) is 42.8 Å². The fraction of sp³-hybridized carbons (Fsp3) is 0.176. The zero-order valence-corrected chi connectivity index (χ0v) is 13.9. The van der Waals surface area contributed by atoms with E-state index < -0.39 is 0 Å². The van der Waals surface area contributed by atoms with Crippen molar-refractivity contribution in [1.29, 1.82) is 0 Å². The minimum absolute atomic E-state index is 0.101. The number of hydrogen-bond acceptors (Lipinski definition) is 3. The molecule has 0 atom stereocenters. The van der Waals surface area contributed by atoms with Crippen LogP contribution >= 0.6 is 15.9 Å². The highest BCUT2D eigenvalue weighted by atomic mass is 79.9. The Hall–Kier alpha value is -2.34. The maximum atomic E-state index is 12.0. The van der Waals surface area contributed by atoms with E-state index in [1.807, 2.05) is 12.1 Å². The van der Waals surface area contributed by atoms with E-state index in [-0.39, 0.29) is 18.4 Å². The van der Waals surface area contributed by atoms with E-state index in [1.165, 1.54) is 0 Å². The van der Waals surface area contributed by atoms with Crippen LogP contribution in [0, 0.1) is 0 Å². The summed E-state index contributed by atoms with van der Waals surface area (Å²) in [4.78, 5) is 23.8. The van der Waals surface area contributed by atoms with Gasteiger partial charge in [0.25, 0.3) is 11.8 Å². The molecule has 6 heteroatoms. The summed E-state index contributed by atoms with van der Waals surface area (Å²) >= 11 is 3.34. The minimum atomic E-state index is -0.245. The van der Waals surface area contributed by atoms with Crippen LogP contribution in [0.5, 0.6) is 5.75 Å². The molecule has 0 unspecified atom stereocenters. The molecule has 0 aromatic heterocycles. The molecule has 1 aliphatic heterocycles. The first-order valence-corrected chi connectivity index (χ1v) is 8.01. The summed E-state index contributed by atoms with van der Waals surface area (Å²) in [6.45, 7) is 0.478. The lowest BCUT2D eigenvalue weighted by molar-refractivity contribution is -0.118. The van der Waals surface area contributed by atoms with Crippen molar-refractivity contribution in [2.45, 2.75) is 6.42 Å². The highest BCUT2D eigenvalue weighted by molar-refractivity contribution is 9.10. The van der Waals surface area contributed by atoms with Crippen molar-refractivity contribution in [3.63, 3.8) is 0 Å². The second-order valence-corrected chi connectivity index (χ2v) is 6.05. The number of rotatable bonds is 4. The molecular weight excluding hydrogens is 360 g/mol. The Morgan fingerprint density at radius 2 is 2.00 bits per heavy atom. The third-order valence-corrected chi connectivity index (χ3v) is 4.05. The molecule has 0 radical (unpaired) electrons. The van der Waals surface area contributed by atoms with E-state index in [2.05, 4.69) is 26.6 Å². The van der Waals surface area contributed by atoms with Crippen LogP contribution in [-0.2, 0) is 11.2 Å². The van der Waals surface area contributed by atoms with Crippen LogP contribution in [0.3, 0.4) is 0 Å². The number of fused-ring (bicyclic) bond motifs is 1. The Bertz CT molecular complexity index is 744. The molecule has 0 saturated heterocycles. The number of nitrogens with one attached hydrogen (secondary N) is 2. The zero-order valence-electron chi connectivity index (χ0n) is 12.3. The van der Waals surface area contributed by atoms with Crippen LogP contribution in [0.1, 0.15) is 15.9 Å². The highest BCUT2D eigenvalue weighted by Gasteiger charge is 2.20. The van der Waals surface area contributed by atoms with Crippen LogP contribution in [0.15, 0.2) is 46.9 Å². The van der Waals surface area contributed by atoms with Crippen molar-refractivity contribution < 1.29 is 14.3 Å². The van der Waals surface area contributed by atoms with Crippen LogP contribution in [-0.4, -0.2) is 25.0 Å².